The molecule has 0 bridgehead atoms. The van der Waals surface area contributed by atoms with Crippen molar-refractivity contribution in [3.63, 3.8) is 0 Å². The molecular weight excluding hydrogens is 320 g/mol. The SMILES string of the molecule is CCC(=O)C(=O)NCCCCc1ccccc1CCCOCC(N)=O. The van der Waals surface area contributed by atoms with Crippen LogP contribution in [0.15, 0.2) is 24.3 Å². The Kier molecular flexibility index (Phi) is 10.2. The fourth-order valence-corrected chi connectivity index (χ4v) is 2.48. The van der Waals surface area contributed by atoms with Crippen LogP contribution in [0.25, 0.3) is 0 Å². The third-order valence-electron chi connectivity index (χ3n) is 3.83. The molecule has 3 N–H and O–H groups in total. The minimum atomic E-state index is -0.487. The summed E-state index contributed by atoms with van der Waals surface area (Å²) in [6, 6.07) is 8.24. The largest absolute Gasteiger partial charge is 0.372 e. The molecule has 0 atom stereocenters. The van der Waals surface area contributed by atoms with Gasteiger partial charge in [-0.2, -0.15) is 0 Å². The number of ketones is 1. The van der Waals surface area contributed by atoms with Gasteiger partial charge in [0, 0.05) is 19.6 Å². The zero-order chi connectivity index (χ0) is 18.5. The molecule has 1 aromatic rings. The normalized spacial score (nSPS) is 10.4. The molecule has 0 radical (unpaired) electrons. The molecule has 0 heterocycles. The Morgan fingerprint density at radius 3 is 2.28 bits per heavy atom. The Bertz CT molecular complexity index is 572. The number of Topliss-reactive ketones (excluding diaryl/α,β-unsaturated/α-hetero) is 1. The van der Waals surface area contributed by atoms with Crippen molar-refractivity contribution in [2.75, 3.05) is 19.8 Å². The van der Waals surface area contributed by atoms with Gasteiger partial charge in [-0.3, -0.25) is 14.4 Å². The summed E-state index contributed by atoms with van der Waals surface area (Å²) in [5, 5.41) is 2.65. The first-order valence-corrected chi connectivity index (χ1v) is 8.78. The summed E-state index contributed by atoms with van der Waals surface area (Å²) < 4.78 is 5.18. The molecule has 0 aromatic heterocycles. The van der Waals surface area contributed by atoms with Gasteiger partial charge in [-0.15, -0.1) is 0 Å². The molecule has 1 rings (SSSR count). The van der Waals surface area contributed by atoms with Crippen LogP contribution in [0, 0.1) is 0 Å². The number of carbonyl (C=O) groups excluding carboxylic acids is 3. The molecule has 138 valence electrons. The molecule has 0 unspecified atom stereocenters. The van der Waals surface area contributed by atoms with Gasteiger partial charge in [0.2, 0.25) is 11.7 Å². The molecule has 0 saturated heterocycles. The smallest absolute Gasteiger partial charge is 0.287 e. The molecule has 2 amide bonds. The second-order valence-electron chi connectivity index (χ2n) is 5.88. The first-order chi connectivity index (χ1) is 12.0. The number of amides is 2. The summed E-state index contributed by atoms with van der Waals surface area (Å²) in [4.78, 5) is 33.2. The van der Waals surface area contributed by atoms with Gasteiger partial charge in [0.05, 0.1) is 0 Å². The van der Waals surface area contributed by atoms with E-state index in [9.17, 15) is 14.4 Å². The number of aryl methyl sites for hydroxylation is 2. The van der Waals surface area contributed by atoms with E-state index in [0.29, 0.717) is 13.2 Å². The lowest BCUT2D eigenvalue weighted by molar-refractivity contribution is -0.137. The van der Waals surface area contributed by atoms with Crippen LogP contribution in [0.2, 0.25) is 0 Å². The highest BCUT2D eigenvalue weighted by atomic mass is 16.5. The maximum absolute atomic E-state index is 11.4. The Morgan fingerprint density at radius 2 is 1.68 bits per heavy atom. The van der Waals surface area contributed by atoms with E-state index in [2.05, 4.69) is 17.4 Å². The summed E-state index contributed by atoms with van der Waals surface area (Å²) in [6.45, 7) is 2.67. The van der Waals surface area contributed by atoms with Crippen molar-refractivity contribution in [3.8, 4) is 0 Å². The van der Waals surface area contributed by atoms with Gasteiger partial charge in [0.1, 0.15) is 6.61 Å². The van der Waals surface area contributed by atoms with Gasteiger partial charge >= 0.3 is 0 Å². The standard InChI is InChI=1S/C19H28N2O4/c1-2-17(22)19(24)21-12-6-5-10-15-8-3-4-9-16(15)11-7-13-25-14-18(20)23/h3-4,8-9H,2,5-7,10-14H2,1H3,(H2,20,23)(H,21,24). The Morgan fingerprint density at radius 1 is 1.04 bits per heavy atom. The predicted octanol–water partition coefficient (Wildman–Crippen LogP) is 1.54. The monoisotopic (exact) mass is 348 g/mol. The summed E-state index contributed by atoms with van der Waals surface area (Å²) >= 11 is 0. The van der Waals surface area contributed by atoms with Crippen LogP contribution in [0.3, 0.4) is 0 Å². The van der Waals surface area contributed by atoms with Crippen molar-refractivity contribution >= 4 is 17.6 Å². The first kappa shape index (κ1) is 20.8. The van der Waals surface area contributed by atoms with Crippen LogP contribution in [-0.2, 0) is 32.0 Å². The van der Waals surface area contributed by atoms with Crippen LogP contribution in [0.5, 0.6) is 0 Å². The number of nitrogens with one attached hydrogen (secondary N) is 1. The van der Waals surface area contributed by atoms with Crippen molar-refractivity contribution in [1.29, 1.82) is 0 Å². The minimum absolute atomic E-state index is 0.0338. The van der Waals surface area contributed by atoms with Crippen LogP contribution >= 0.6 is 0 Å². The van der Waals surface area contributed by atoms with Crippen molar-refractivity contribution in [2.45, 2.75) is 45.4 Å². The molecule has 25 heavy (non-hydrogen) atoms. The second-order valence-corrected chi connectivity index (χ2v) is 5.88. The second kappa shape index (κ2) is 12.2. The number of hydrogen-bond donors (Lipinski definition) is 2. The van der Waals surface area contributed by atoms with Crippen molar-refractivity contribution < 1.29 is 19.1 Å². The Balaban J connectivity index is 2.28. The van der Waals surface area contributed by atoms with Gasteiger partial charge in [0.25, 0.3) is 5.91 Å². The summed E-state index contributed by atoms with van der Waals surface area (Å²) in [6.07, 6.45) is 4.66. The average Bonchev–Trinajstić information content (AvgIpc) is 2.61. The van der Waals surface area contributed by atoms with Crippen LogP contribution < -0.4 is 11.1 Å². The lowest BCUT2D eigenvalue weighted by Gasteiger charge is -2.10. The maximum Gasteiger partial charge on any atom is 0.287 e. The number of ether oxygens (including phenoxy) is 1. The number of unbranched alkanes of at least 4 members (excludes halogenated alkanes) is 1. The predicted molar refractivity (Wildman–Crippen MR) is 96.0 cm³/mol. The molecule has 6 nitrogen and oxygen atoms in total. The van der Waals surface area contributed by atoms with E-state index in [1.165, 1.54) is 11.1 Å². The number of carbonyl (C=O) groups is 3. The van der Waals surface area contributed by atoms with Crippen LogP contribution in [0.4, 0.5) is 0 Å². The van der Waals surface area contributed by atoms with E-state index in [-0.39, 0.29) is 18.8 Å². The summed E-state index contributed by atoms with van der Waals surface area (Å²) in [5.41, 5.74) is 7.58. The number of benzene rings is 1. The quantitative estimate of drug-likeness (QED) is 0.417. The first-order valence-electron chi connectivity index (χ1n) is 8.78. The highest BCUT2D eigenvalue weighted by Gasteiger charge is 2.09. The molecular formula is C19H28N2O4. The zero-order valence-electron chi connectivity index (χ0n) is 14.9. The molecule has 0 aliphatic rings. The maximum atomic E-state index is 11.4. The van der Waals surface area contributed by atoms with Crippen molar-refractivity contribution in [1.82, 2.24) is 5.32 Å². The molecule has 0 spiro atoms. The highest BCUT2D eigenvalue weighted by Crippen LogP contribution is 2.14. The Hall–Kier alpha value is -2.21. The fourth-order valence-electron chi connectivity index (χ4n) is 2.48. The third kappa shape index (κ3) is 9.00. The minimum Gasteiger partial charge on any atom is -0.372 e. The van der Waals surface area contributed by atoms with Gasteiger partial charge in [-0.25, -0.2) is 0 Å². The molecule has 1 aromatic carbocycles. The lowest BCUT2D eigenvalue weighted by Crippen LogP contribution is -2.31. The molecule has 0 fully saturated rings. The fraction of sp³-hybridized carbons (Fsp3) is 0.526. The molecule has 0 saturated carbocycles. The molecule has 6 heteroatoms. The number of primary amides is 1. The third-order valence-corrected chi connectivity index (χ3v) is 3.83. The van der Waals surface area contributed by atoms with Crippen molar-refractivity contribution in [2.24, 2.45) is 5.73 Å². The van der Waals surface area contributed by atoms with Crippen LogP contribution in [0.1, 0.15) is 43.7 Å². The number of rotatable bonds is 13. The molecule has 0 aliphatic heterocycles. The van der Waals surface area contributed by atoms with E-state index in [0.717, 1.165) is 32.1 Å². The van der Waals surface area contributed by atoms with Gasteiger partial charge in [-0.05, 0) is 43.2 Å². The van der Waals surface area contributed by atoms with Gasteiger partial charge in [0.15, 0.2) is 0 Å². The van der Waals surface area contributed by atoms with E-state index < -0.39 is 11.8 Å². The van der Waals surface area contributed by atoms with E-state index >= 15 is 0 Å². The lowest BCUT2D eigenvalue weighted by atomic mass is 9.98. The number of nitrogens with two attached hydrogens (primary N) is 1. The van der Waals surface area contributed by atoms with E-state index in [1.807, 2.05) is 12.1 Å². The van der Waals surface area contributed by atoms with E-state index in [4.69, 9.17) is 10.5 Å². The van der Waals surface area contributed by atoms with Gasteiger partial charge < -0.3 is 15.8 Å². The molecule has 0 aliphatic carbocycles. The van der Waals surface area contributed by atoms with Crippen LogP contribution in [-0.4, -0.2) is 37.4 Å². The summed E-state index contributed by atoms with van der Waals surface area (Å²) in [7, 11) is 0. The highest BCUT2D eigenvalue weighted by molar-refractivity contribution is 6.36. The Labute approximate surface area is 149 Å². The zero-order valence-corrected chi connectivity index (χ0v) is 14.9. The van der Waals surface area contributed by atoms with Gasteiger partial charge in [-0.1, -0.05) is 31.2 Å². The topological polar surface area (TPSA) is 98.5 Å². The summed E-state index contributed by atoms with van der Waals surface area (Å²) in [5.74, 6) is -1.31. The van der Waals surface area contributed by atoms with Crippen molar-refractivity contribution in [3.05, 3.63) is 35.4 Å². The average molecular weight is 348 g/mol. The van der Waals surface area contributed by atoms with E-state index in [1.54, 1.807) is 6.92 Å². The number of hydrogen-bond acceptors (Lipinski definition) is 4.